The molecule has 1 fully saturated rings. The molecule has 2 unspecified atom stereocenters. The van der Waals surface area contributed by atoms with Crippen LogP contribution in [0.4, 0.5) is 34.5 Å². The van der Waals surface area contributed by atoms with Crippen molar-refractivity contribution in [3.8, 4) is 33.3 Å². The van der Waals surface area contributed by atoms with E-state index in [-0.39, 0.29) is 29.2 Å². The molecule has 0 aliphatic carbocycles. The van der Waals surface area contributed by atoms with Crippen molar-refractivity contribution in [2.45, 2.75) is 32.0 Å². The second kappa shape index (κ2) is 13.8. The molecule has 6 rings (SSSR count). The lowest BCUT2D eigenvalue weighted by molar-refractivity contribution is -0.137. The third-order valence-corrected chi connectivity index (χ3v) is 8.54. The highest BCUT2D eigenvalue weighted by Gasteiger charge is 2.35. The second-order valence-electron chi connectivity index (χ2n) is 11.0. The highest BCUT2D eigenvalue weighted by Crippen LogP contribution is 2.37. The number of hydrogen-bond acceptors (Lipinski definition) is 9. The van der Waals surface area contributed by atoms with E-state index in [2.05, 4.69) is 30.6 Å². The van der Waals surface area contributed by atoms with Crippen LogP contribution in [0.5, 0.6) is 11.8 Å². The minimum Gasteiger partial charge on any atom is -0.424 e. The smallest absolute Gasteiger partial charge is 0.416 e. The summed E-state index contributed by atoms with van der Waals surface area (Å²) in [7, 11) is 0. The fraction of sp³-hybridized carbons (Fsp3) is 0.212. The first-order valence-electron chi connectivity index (χ1n) is 14.8. The number of carbonyl (C=O) groups is 2. The normalized spacial score (nSPS) is 15.3. The molecule has 2 aromatic carbocycles. The van der Waals surface area contributed by atoms with Crippen molar-refractivity contribution in [1.29, 1.82) is 0 Å². The highest BCUT2D eigenvalue weighted by molar-refractivity contribution is 7.19. The first-order valence-corrected chi connectivity index (χ1v) is 15.6. The molecule has 11 nitrogen and oxygen atoms in total. The van der Waals surface area contributed by atoms with Gasteiger partial charge in [-0.25, -0.2) is 19.7 Å². The summed E-state index contributed by atoms with van der Waals surface area (Å²) in [6, 6.07) is 12.7. The van der Waals surface area contributed by atoms with Gasteiger partial charge in [0.05, 0.1) is 40.3 Å². The number of aliphatic hydroxyl groups is 1. The molecule has 48 heavy (non-hydrogen) atoms. The van der Waals surface area contributed by atoms with Crippen LogP contribution in [0.25, 0.3) is 21.6 Å². The molecule has 246 valence electrons. The van der Waals surface area contributed by atoms with Gasteiger partial charge >= 0.3 is 18.2 Å². The molecule has 15 heteroatoms. The van der Waals surface area contributed by atoms with Gasteiger partial charge in [0.2, 0.25) is 5.91 Å². The molecule has 1 saturated heterocycles. The molecular weight excluding hydrogens is 647 g/mol. The first-order chi connectivity index (χ1) is 23.0. The van der Waals surface area contributed by atoms with Crippen molar-refractivity contribution in [3.05, 3.63) is 91.1 Å². The lowest BCUT2D eigenvalue weighted by Gasteiger charge is -2.15. The van der Waals surface area contributed by atoms with Crippen LogP contribution in [0.15, 0.2) is 85.6 Å². The van der Waals surface area contributed by atoms with Crippen LogP contribution in [0, 0.1) is 5.92 Å². The number of urea groups is 1. The van der Waals surface area contributed by atoms with E-state index in [4.69, 9.17) is 4.74 Å². The lowest BCUT2D eigenvalue weighted by atomic mass is 10.0. The maximum Gasteiger partial charge on any atom is 0.416 e. The van der Waals surface area contributed by atoms with Crippen LogP contribution in [-0.2, 0) is 11.0 Å². The number of carbonyl (C=O) groups excluding carboxylic acids is 2. The number of nitrogens with zero attached hydrogens (tertiary/aromatic N) is 5. The number of ether oxygens (including phenoxy) is 1. The summed E-state index contributed by atoms with van der Waals surface area (Å²) in [6.07, 6.45) is 3.31. The Hall–Kier alpha value is -5.41. The Morgan fingerprint density at radius 3 is 2.50 bits per heavy atom. The summed E-state index contributed by atoms with van der Waals surface area (Å²) in [5, 5.41) is 15.3. The first kappa shape index (κ1) is 32.5. The molecule has 3 N–H and O–H groups in total. The van der Waals surface area contributed by atoms with E-state index in [1.165, 1.54) is 42.2 Å². The summed E-state index contributed by atoms with van der Waals surface area (Å²) in [6.45, 7) is 2.25. The summed E-state index contributed by atoms with van der Waals surface area (Å²) in [4.78, 5) is 44.7. The molecule has 5 aromatic rings. The number of nitrogens with one attached hydrogen (secondary N) is 2. The molecule has 3 amide bonds. The standard InChI is InChI=1S/C33H28F3N7O4S/c1-19(44)13-21-10-12-43(29(21)45)32-40-18-28(48-32)20-4-7-25(8-5-20)47-31-38-16-24(17-39-31)41-30(46)42-27-14-23(33(34,35)36)6-9-26(27)22-3-2-11-37-15-22/h2-9,11,14-19,21,44H,10,12-13H2,1H3,(H2,41,42,46). The van der Waals surface area contributed by atoms with E-state index < -0.39 is 23.9 Å². The van der Waals surface area contributed by atoms with Gasteiger partial charge in [-0.3, -0.25) is 14.7 Å². The van der Waals surface area contributed by atoms with Gasteiger partial charge in [0.1, 0.15) is 5.75 Å². The average molecular weight is 676 g/mol. The van der Waals surface area contributed by atoms with Crippen molar-refractivity contribution < 1.29 is 32.6 Å². The monoisotopic (exact) mass is 675 g/mol. The molecule has 1 aliphatic rings. The van der Waals surface area contributed by atoms with Crippen LogP contribution in [0.1, 0.15) is 25.3 Å². The fourth-order valence-corrected chi connectivity index (χ4v) is 6.14. The van der Waals surface area contributed by atoms with Crippen LogP contribution in [0.3, 0.4) is 0 Å². The average Bonchev–Trinajstić information content (AvgIpc) is 3.69. The zero-order valence-corrected chi connectivity index (χ0v) is 26.1. The summed E-state index contributed by atoms with van der Waals surface area (Å²) in [5.41, 5.74) is 0.966. The van der Waals surface area contributed by atoms with Gasteiger partial charge in [0.25, 0.3) is 0 Å². The molecule has 0 saturated carbocycles. The van der Waals surface area contributed by atoms with Gasteiger partial charge in [-0.2, -0.15) is 13.2 Å². The number of aliphatic hydroxyl groups excluding tert-OH is 1. The van der Waals surface area contributed by atoms with Crippen LogP contribution in [-0.4, -0.2) is 49.6 Å². The number of anilines is 3. The van der Waals surface area contributed by atoms with Crippen molar-refractivity contribution >= 4 is 39.8 Å². The zero-order valence-electron chi connectivity index (χ0n) is 25.3. The van der Waals surface area contributed by atoms with Gasteiger partial charge in [0, 0.05) is 42.2 Å². The maximum atomic E-state index is 13.4. The van der Waals surface area contributed by atoms with E-state index in [1.807, 2.05) is 12.1 Å². The number of pyridine rings is 1. The summed E-state index contributed by atoms with van der Waals surface area (Å²) < 4.78 is 45.9. The van der Waals surface area contributed by atoms with Crippen molar-refractivity contribution in [2.75, 3.05) is 22.1 Å². The lowest BCUT2D eigenvalue weighted by Crippen LogP contribution is -2.27. The Morgan fingerprint density at radius 1 is 1.04 bits per heavy atom. The fourth-order valence-electron chi connectivity index (χ4n) is 5.19. The Bertz CT molecular complexity index is 1900. The highest BCUT2D eigenvalue weighted by atomic mass is 32.1. The number of alkyl halides is 3. The quantitative estimate of drug-likeness (QED) is 0.148. The summed E-state index contributed by atoms with van der Waals surface area (Å²) in [5.74, 6) is 0.228. The third kappa shape index (κ3) is 7.58. The zero-order chi connectivity index (χ0) is 33.8. The Morgan fingerprint density at radius 2 is 1.81 bits per heavy atom. The molecular formula is C33H28F3N7O4S. The van der Waals surface area contributed by atoms with Gasteiger partial charge in [0.15, 0.2) is 5.13 Å². The van der Waals surface area contributed by atoms with E-state index >= 15 is 0 Å². The van der Waals surface area contributed by atoms with Gasteiger partial charge in [-0.05, 0) is 67.8 Å². The van der Waals surface area contributed by atoms with Crippen LogP contribution in [0.2, 0.25) is 0 Å². The number of thiazole rings is 1. The third-order valence-electron chi connectivity index (χ3n) is 7.47. The predicted octanol–water partition coefficient (Wildman–Crippen LogP) is 7.24. The van der Waals surface area contributed by atoms with Crippen LogP contribution < -0.4 is 20.3 Å². The summed E-state index contributed by atoms with van der Waals surface area (Å²) >= 11 is 1.40. The van der Waals surface area contributed by atoms with Crippen molar-refractivity contribution in [3.63, 3.8) is 0 Å². The number of halogens is 3. The number of amides is 3. The second-order valence-corrected chi connectivity index (χ2v) is 12.0. The number of benzene rings is 2. The largest absolute Gasteiger partial charge is 0.424 e. The number of aromatic nitrogens is 4. The predicted molar refractivity (Wildman–Crippen MR) is 174 cm³/mol. The molecule has 0 radical (unpaired) electrons. The van der Waals surface area contributed by atoms with Crippen LogP contribution >= 0.6 is 11.3 Å². The van der Waals surface area contributed by atoms with E-state index in [9.17, 15) is 27.9 Å². The molecule has 1 aliphatic heterocycles. The molecule has 2 atom stereocenters. The van der Waals surface area contributed by atoms with E-state index in [0.717, 1.165) is 22.6 Å². The SMILES string of the molecule is CC(O)CC1CCN(c2ncc(-c3ccc(Oc4ncc(NC(=O)Nc5cc(C(F)(F)F)ccc5-c5cccnc5)cn4)cc3)s2)C1=O. The van der Waals surface area contributed by atoms with Gasteiger partial charge in [-0.15, -0.1) is 0 Å². The van der Waals surface area contributed by atoms with Gasteiger partial charge in [-0.1, -0.05) is 23.5 Å². The topological polar surface area (TPSA) is 142 Å². The molecule has 3 aromatic heterocycles. The molecule has 4 heterocycles. The van der Waals surface area contributed by atoms with E-state index in [1.54, 1.807) is 42.3 Å². The molecule has 0 bridgehead atoms. The maximum absolute atomic E-state index is 13.4. The van der Waals surface area contributed by atoms with Crippen molar-refractivity contribution in [1.82, 2.24) is 19.9 Å². The van der Waals surface area contributed by atoms with E-state index in [0.29, 0.717) is 41.4 Å². The Kier molecular flexibility index (Phi) is 9.32. The molecule has 0 spiro atoms. The Balaban J connectivity index is 1.07. The Labute approximate surface area is 276 Å². The van der Waals surface area contributed by atoms with Gasteiger partial charge < -0.3 is 20.5 Å². The number of rotatable bonds is 9. The van der Waals surface area contributed by atoms with Crippen molar-refractivity contribution in [2.24, 2.45) is 5.92 Å². The minimum absolute atomic E-state index is 0.00447. The minimum atomic E-state index is -4.60. The number of hydrogen-bond donors (Lipinski definition) is 3.